The van der Waals surface area contributed by atoms with Crippen LogP contribution < -0.4 is 5.32 Å². The van der Waals surface area contributed by atoms with Gasteiger partial charge in [-0.2, -0.15) is 5.26 Å². The van der Waals surface area contributed by atoms with Gasteiger partial charge in [-0.1, -0.05) is 52.6 Å². The lowest BCUT2D eigenvalue weighted by atomic mass is 10.2. The summed E-state index contributed by atoms with van der Waals surface area (Å²) in [5, 5.41) is 14.8. The zero-order chi connectivity index (χ0) is 19.2. The maximum Gasteiger partial charge on any atom is 0.119 e. The molecule has 27 heavy (non-hydrogen) atoms. The predicted octanol–water partition coefficient (Wildman–Crippen LogP) is 7.15. The summed E-state index contributed by atoms with van der Waals surface area (Å²) in [6, 6.07) is 18.3. The molecule has 0 aliphatic carbocycles. The molecule has 2 aromatic carbocycles. The molecule has 1 N–H and O–H groups in total. The Kier molecular flexibility index (Phi) is 6.65. The highest BCUT2D eigenvalue weighted by molar-refractivity contribution is 7.99. The molecule has 0 saturated heterocycles. The molecular weight excluding hydrogens is 421 g/mol. The van der Waals surface area contributed by atoms with Crippen molar-refractivity contribution in [3.05, 3.63) is 87.1 Å². The Morgan fingerprint density at radius 1 is 0.963 bits per heavy atom. The van der Waals surface area contributed by atoms with Gasteiger partial charge in [-0.3, -0.25) is 0 Å². The van der Waals surface area contributed by atoms with Crippen LogP contribution >= 0.6 is 46.6 Å². The number of anilines is 1. The molecule has 0 amide bonds. The van der Waals surface area contributed by atoms with Crippen LogP contribution in [0.25, 0.3) is 6.08 Å². The number of hydrogen-bond acceptors (Lipinski definition) is 4. The third-order valence-corrected chi connectivity index (χ3v) is 5.05. The Morgan fingerprint density at radius 3 is 2.44 bits per heavy atom. The van der Waals surface area contributed by atoms with Gasteiger partial charge in [0.25, 0.3) is 0 Å². The molecule has 0 saturated carbocycles. The average Bonchev–Trinajstić information content (AvgIpc) is 2.61. The molecule has 1 aromatic heterocycles. The van der Waals surface area contributed by atoms with Crippen LogP contribution in [-0.4, -0.2) is 4.98 Å². The number of nitrogens with one attached hydrogen (secondary N) is 1. The number of hydrogen-bond donors (Lipinski definition) is 1. The number of pyridine rings is 1. The Labute approximate surface area is 176 Å². The van der Waals surface area contributed by atoms with Gasteiger partial charge in [0.2, 0.25) is 0 Å². The van der Waals surface area contributed by atoms with Crippen molar-refractivity contribution < 1.29 is 0 Å². The van der Waals surface area contributed by atoms with Gasteiger partial charge in [-0.15, -0.1) is 0 Å². The van der Waals surface area contributed by atoms with Crippen molar-refractivity contribution in [2.45, 2.75) is 9.92 Å². The first-order chi connectivity index (χ1) is 13.0. The van der Waals surface area contributed by atoms with E-state index in [0.29, 0.717) is 31.4 Å². The van der Waals surface area contributed by atoms with Crippen LogP contribution in [0.15, 0.2) is 70.7 Å². The van der Waals surface area contributed by atoms with Crippen LogP contribution in [0.2, 0.25) is 15.1 Å². The minimum Gasteiger partial charge on any atom is -0.362 e. The van der Waals surface area contributed by atoms with Gasteiger partial charge < -0.3 is 5.32 Å². The topological polar surface area (TPSA) is 48.7 Å². The quantitative estimate of drug-likeness (QED) is 0.465. The summed E-state index contributed by atoms with van der Waals surface area (Å²) in [5.74, 6) is 0. The zero-order valence-corrected chi connectivity index (χ0v) is 16.9. The summed E-state index contributed by atoms with van der Waals surface area (Å²) < 4.78 is 0. The number of nitriles is 1. The lowest BCUT2D eigenvalue weighted by Crippen LogP contribution is -1.92. The van der Waals surface area contributed by atoms with Crippen molar-refractivity contribution in [1.29, 1.82) is 5.26 Å². The van der Waals surface area contributed by atoms with E-state index in [1.165, 1.54) is 11.8 Å². The Bertz CT molecular complexity index is 1020. The van der Waals surface area contributed by atoms with Crippen molar-refractivity contribution in [1.82, 2.24) is 4.98 Å². The average molecular weight is 433 g/mol. The van der Waals surface area contributed by atoms with Crippen LogP contribution in [0.5, 0.6) is 0 Å². The first kappa shape index (κ1) is 19.6. The number of aromatic nitrogens is 1. The molecule has 134 valence electrons. The van der Waals surface area contributed by atoms with E-state index in [9.17, 15) is 5.26 Å². The van der Waals surface area contributed by atoms with E-state index in [1.54, 1.807) is 48.7 Å². The SMILES string of the molecule is N#Cc1ccc(/C=C/Nc2cc(Cl)cc(Cl)c2)nc1Sc1cccc(Cl)c1. The zero-order valence-electron chi connectivity index (χ0n) is 13.8. The lowest BCUT2D eigenvalue weighted by Gasteiger charge is -2.05. The fourth-order valence-corrected chi connectivity index (χ4v) is 3.92. The monoisotopic (exact) mass is 431 g/mol. The first-order valence-electron chi connectivity index (χ1n) is 7.77. The van der Waals surface area contributed by atoms with Gasteiger partial charge in [-0.05, 0) is 54.6 Å². The molecule has 0 spiro atoms. The highest BCUT2D eigenvalue weighted by atomic mass is 35.5. The molecule has 0 aliphatic rings. The molecular formula is C20H12Cl3N3S. The van der Waals surface area contributed by atoms with Crippen molar-refractivity contribution in [3.63, 3.8) is 0 Å². The maximum absolute atomic E-state index is 9.33. The number of rotatable bonds is 5. The van der Waals surface area contributed by atoms with Crippen LogP contribution in [0.1, 0.15) is 11.3 Å². The van der Waals surface area contributed by atoms with E-state index in [-0.39, 0.29) is 0 Å². The van der Waals surface area contributed by atoms with Crippen LogP contribution in [0.3, 0.4) is 0 Å². The third-order valence-electron chi connectivity index (χ3n) is 3.38. The summed E-state index contributed by atoms with van der Waals surface area (Å²) in [5.41, 5.74) is 1.98. The minimum absolute atomic E-state index is 0.506. The molecule has 0 fully saturated rings. The highest BCUT2D eigenvalue weighted by Gasteiger charge is 2.07. The van der Waals surface area contributed by atoms with Gasteiger partial charge >= 0.3 is 0 Å². The largest absolute Gasteiger partial charge is 0.362 e. The Morgan fingerprint density at radius 2 is 1.74 bits per heavy atom. The smallest absolute Gasteiger partial charge is 0.119 e. The van der Waals surface area contributed by atoms with Gasteiger partial charge in [0.1, 0.15) is 11.1 Å². The van der Waals surface area contributed by atoms with Gasteiger partial charge in [0, 0.05) is 31.9 Å². The Hall–Kier alpha value is -2.16. The fourth-order valence-electron chi connectivity index (χ4n) is 2.21. The fraction of sp³-hybridized carbons (Fsp3) is 0. The maximum atomic E-state index is 9.33. The summed E-state index contributed by atoms with van der Waals surface area (Å²) in [6.07, 6.45) is 3.54. The van der Waals surface area contributed by atoms with E-state index in [1.807, 2.05) is 18.2 Å². The number of halogens is 3. The lowest BCUT2D eigenvalue weighted by molar-refractivity contribution is 1.09. The van der Waals surface area contributed by atoms with E-state index in [2.05, 4.69) is 16.4 Å². The van der Waals surface area contributed by atoms with Gasteiger partial charge in [-0.25, -0.2) is 4.98 Å². The molecule has 0 atom stereocenters. The molecule has 3 rings (SSSR count). The summed E-state index contributed by atoms with van der Waals surface area (Å²) in [7, 11) is 0. The molecule has 7 heteroatoms. The van der Waals surface area contributed by atoms with Gasteiger partial charge in [0.15, 0.2) is 0 Å². The number of nitrogens with zero attached hydrogens (tertiary/aromatic N) is 2. The van der Waals surface area contributed by atoms with E-state index in [0.717, 1.165) is 10.6 Å². The minimum atomic E-state index is 0.506. The summed E-state index contributed by atoms with van der Waals surface area (Å²) >= 11 is 19.4. The molecule has 0 unspecified atom stereocenters. The van der Waals surface area contributed by atoms with Crippen molar-refractivity contribution >= 4 is 58.3 Å². The molecule has 0 radical (unpaired) electrons. The second-order valence-corrected chi connectivity index (χ2v) is 7.77. The van der Waals surface area contributed by atoms with Crippen molar-refractivity contribution in [2.75, 3.05) is 5.32 Å². The first-order valence-corrected chi connectivity index (χ1v) is 9.72. The Balaban J connectivity index is 1.79. The highest BCUT2D eigenvalue weighted by Crippen LogP contribution is 2.30. The van der Waals surface area contributed by atoms with E-state index >= 15 is 0 Å². The normalized spacial score (nSPS) is 10.7. The third kappa shape index (κ3) is 5.66. The summed E-state index contributed by atoms with van der Waals surface area (Å²) in [4.78, 5) is 5.47. The van der Waals surface area contributed by atoms with Crippen LogP contribution in [0.4, 0.5) is 5.69 Å². The van der Waals surface area contributed by atoms with E-state index < -0.39 is 0 Å². The second kappa shape index (κ2) is 9.16. The molecule has 3 aromatic rings. The van der Waals surface area contributed by atoms with Gasteiger partial charge in [0.05, 0.1) is 11.3 Å². The standard InChI is InChI=1S/C20H12Cl3N3S/c21-14-2-1-3-19(11-14)27-20-13(12-24)4-5-17(26-20)6-7-25-18-9-15(22)8-16(23)10-18/h1-11,25H/b7-6+. The molecule has 0 aliphatic heterocycles. The number of benzene rings is 2. The van der Waals surface area contributed by atoms with Crippen molar-refractivity contribution in [3.8, 4) is 6.07 Å². The van der Waals surface area contributed by atoms with Crippen LogP contribution in [0, 0.1) is 11.3 Å². The van der Waals surface area contributed by atoms with Crippen LogP contribution in [-0.2, 0) is 0 Å². The van der Waals surface area contributed by atoms with E-state index in [4.69, 9.17) is 34.8 Å². The molecule has 1 heterocycles. The second-order valence-electron chi connectivity index (χ2n) is 5.40. The molecule has 0 bridgehead atoms. The summed E-state index contributed by atoms with van der Waals surface area (Å²) in [6.45, 7) is 0. The molecule has 3 nitrogen and oxygen atoms in total. The predicted molar refractivity (Wildman–Crippen MR) is 114 cm³/mol. The van der Waals surface area contributed by atoms with Crippen molar-refractivity contribution in [2.24, 2.45) is 0 Å².